The molecule has 0 N–H and O–H groups in total. The topological polar surface area (TPSA) is 0 Å². The first kappa shape index (κ1) is 45.9. The van der Waals surface area contributed by atoms with Gasteiger partial charge in [0.15, 0.2) is 0 Å². The molecule has 372 valence electrons. The van der Waals surface area contributed by atoms with Gasteiger partial charge in [-0.3, -0.25) is 0 Å². The monoisotopic (exact) mass is 999 g/mol. The van der Waals surface area contributed by atoms with E-state index in [1.807, 2.05) is 43.5 Å². The molecule has 10 fully saturated rings. The molecule has 4 atom stereocenters. The fraction of sp³-hybridized carbons (Fsp3) is 0.636. The summed E-state index contributed by atoms with van der Waals surface area (Å²) in [6.45, 7) is 15.0. The Morgan fingerprint density at radius 1 is 0.319 bits per heavy atom. The Balaban J connectivity index is 1.09. The van der Waals surface area contributed by atoms with Crippen LogP contribution in [0, 0.1) is 0 Å². The number of rotatable bonds is 30. The summed E-state index contributed by atoms with van der Waals surface area (Å²) in [5.74, 6) is 0. The van der Waals surface area contributed by atoms with Crippen molar-refractivity contribution in [1.82, 2.24) is 0 Å². The molecular weight excluding hydrogens is 907 g/mol. The molecule has 1 spiro atoms. The van der Waals surface area contributed by atoms with Crippen molar-refractivity contribution in [1.29, 1.82) is 0 Å². The molecule has 0 aromatic heterocycles. The summed E-state index contributed by atoms with van der Waals surface area (Å²) in [6.07, 6.45) is 31.3. The molecule has 69 heavy (non-hydrogen) atoms. The van der Waals surface area contributed by atoms with Crippen molar-refractivity contribution in [3.8, 4) is 0 Å². The molecule has 0 saturated carbocycles. The van der Waals surface area contributed by atoms with Crippen molar-refractivity contribution in [2.45, 2.75) is 256 Å². The van der Waals surface area contributed by atoms with E-state index in [2.05, 4.69) is 128 Å². The van der Waals surface area contributed by atoms with Crippen LogP contribution in [0.1, 0.15) is 203 Å². The number of aryl methyl sites for hydroxylation is 4. The molecule has 10 aliphatic heterocycles. The van der Waals surface area contributed by atoms with Crippen LogP contribution in [0.25, 0.3) is 0 Å². The van der Waals surface area contributed by atoms with E-state index in [9.17, 15) is 0 Å². The number of benzene rings is 4. The molecule has 4 aromatic rings. The summed E-state index contributed by atoms with van der Waals surface area (Å²) in [5, 5.41) is 7.87. The van der Waals surface area contributed by atoms with Gasteiger partial charge in [0.1, 0.15) is 0 Å². The molecule has 0 radical (unpaired) electrons. The van der Waals surface area contributed by atoms with E-state index in [-0.39, 0.29) is 0 Å². The molecule has 0 nitrogen and oxygen atoms in total. The van der Waals surface area contributed by atoms with Crippen molar-refractivity contribution in [2.75, 3.05) is 0 Å². The Bertz CT molecular complexity index is 2720. The van der Waals surface area contributed by atoms with Crippen LogP contribution >= 0.6 is 15.8 Å². The van der Waals surface area contributed by atoms with Crippen molar-refractivity contribution >= 4 is 37.1 Å². The molecule has 10 saturated heterocycles. The molecule has 4 unspecified atom stereocenters. The Morgan fingerprint density at radius 2 is 0.551 bits per heavy atom. The zero-order valence-corrected chi connectivity index (χ0v) is 47.9. The first-order valence-electron chi connectivity index (χ1n) is 30.3. The van der Waals surface area contributed by atoms with Crippen molar-refractivity contribution < 1.29 is 6.65 Å². The molecule has 14 rings (SSSR count). The minimum absolute atomic E-state index is 0.521. The third-order valence-electron chi connectivity index (χ3n) is 29.7. The Labute approximate surface area is 414 Å². The predicted molar refractivity (Wildman–Crippen MR) is 303 cm³/mol. The number of unbranched alkanes of at least 4 members (excludes halogenated alkanes) is 8. The van der Waals surface area contributed by atoms with E-state index in [1.165, 1.54) is 192 Å². The molecule has 3 heteroatoms. The van der Waals surface area contributed by atoms with Gasteiger partial charge in [-0.2, -0.15) is 0 Å². The standard InChI is InChI=1S/C61H87P2.C5H5.Cr/c1-9-17-30-48-34-25-42-56(52(48)38-21-13-5)62(57-43-26-35-49(31-18-10-2)53(57)39-22-14-6)60-46-29-47-61(60)63(58-44-27-36-50(32-19-11-3)54(58)40-23-15-7)59-45-28-37-51(33-20-12-4)55(59)41-24-16-8;1-2-4-5-3-1;/h25-29,34-37,42-47H,9-24,30-33,38-41H2,1-8H3;1-5H;. The Hall–Kier alpha value is -1.73. The van der Waals surface area contributed by atoms with Crippen molar-refractivity contribution in [2.24, 2.45) is 0 Å². The SMILES string of the molecule is CCCCc1cccc(P(c2cccc(CCCC)c2CCCC)[C]23[CH]4[CH]5[CH]6[C]2(P(c2cccc(CCCC)c2CCCC)c2cccc(CCCC)c2CCCC)[Cr]54632789[CH]3[CH]2[CH]7[CH]8[CH]39)c1CCCC. The number of fused-ring (bicyclic) bond motifs is 10. The molecule has 0 aliphatic carbocycles. The van der Waals surface area contributed by atoms with Crippen LogP contribution in [0.15, 0.2) is 72.8 Å². The quantitative estimate of drug-likeness (QED) is 0.0457. The van der Waals surface area contributed by atoms with Gasteiger partial charge in [0.25, 0.3) is 0 Å². The summed E-state index contributed by atoms with van der Waals surface area (Å²) >= 11 is 0. The second-order valence-corrected chi connectivity index (χ2v) is 60.5. The van der Waals surface area contributed by atoms with Crippen LogP contribution in [0.2, 0.25) is 38.2 Å². The van der Waals surface area contributed by atoms with Crippen LogP contribution < -0.4 is 21.2 Å². The van der Waals surface area contributed by atoms with Gasteiger partial charge in [0, 0.05) is 0 Å². The van der Waals surface area contributed by atoms with Crippen LogP contribution in [0.4, 0.5) is 0 Å². The second kappa shape index (κ2) is 11.4. The van der Waals surface area contributed by atoms with Crippen LogP contribution in [-0.4, -0.2) is 8.04 Å². The van der Waals surface area contributed by atoms with Crippen LogP contribution in [-0.2, 0) is 58.0 Å². The van der Waals surface area contributed by atoms with E-state index >= 15 is 0 Å². The minimum atomic E-state index is -4.67. The fourth-order valence-electron chi connectivity index (χ4n) is 29.7. The molecular formula is C66H92CrP2. The summed E-state index contributed by atoms with van der Waals surface area (Å²) in [6, 6.07) is 32.6. The zero-order valence-electron chi connectivity index (χ0n) is 44.8. The third kappa shape index (κ3) is 2.35. The second-order valence-electron chi connectivity index (χ2n) is 28.0. The summed E-state index contributed by atoms with van der Waals surface area (Å²) < 4.78 is 11.3. The van der Waals surface area contributed by atoms with E-state index in [4.69, 9.17) is 0 Å². The summed E-state index contributed by atoms with van der Waals surface area (Å²) in [4.78, 5) is 0. The van der Waals surface area contributed by atoms with Crippen molar-refractivity contribution in [3.63, 3.8) is 0 Å². The van der Waals surface area contributed by atoms with Gasteiger partial charge in [-0.15, -0.1) is 0 Å². The van der Waals surface area contributed by atoms with Gasteiger partial charge in [-0.1, -0.05) is 0 Å². The first-order valence-corrected chi connectivity index (χ1v) is 40.1. The Morgan fingerprint density at radius 3 is 0.754 bits per heavy atom. The first-order chi connectivity index (χ1) is 33.7. The third-order valence-corrected chi connectivity index (χ3v) is 94.9. The average Bonchev–Trinajstić information content (AvgIpc) is 4.33. The number of hydrogen-bond acceptors (Lipinski definition) is 0. The van der Waals surface area contributed by atoms with Gasteiger partial charge < -0.3 is 0 Å². The van der Waals surface area contributed by atoms with E-state index in [1.54, 1.807) is 22.3 Å². The molecule has 0 amide bonds. The van der Waals surface area contributed by atoms with Gasteiger partial charge in [0.2, 0.25) is 0 Å². The maximum atomic E-state index is 2.87. The summed E-state index contributed by atoms with van der Waals surface area (Å²) in [5.41, 5.74) is 14.6. The zero-order chi connectivity index (χ0) is 47.5. The van der Waals surface area contributed by atoms with Crippen molar-refractivity contribution in [3.05, 3.63) is 117 Å². The molecule has 4 aromatic carbocycles. The van der Waals surface area contributed by atoms with Gasteiger partial charge in [0.05, 0.1) is 0 Å². The maximum absolute atomic E-state index is 4.67. The molecule has 0 bridgehead atoms. The Kier molecular flexibility index (Phi) is 7.59. The molecule has 10 heterocycles. The fourth-order valence-corrected chi connectivity index (χ4v) is 156. The van der Waals surface area contributed by atoms with E-state index < -0.39 is 22.5 Å². The van der Waals surface area contributed by atoms with E-state index in [0.717, 1.165) is 0 Å². The molecule has 10 aliphatic rings. The predicted octanol–water partition coefficient (Wildman–Crippen LogP) is 18.2. The van der Waals surface area contributed by atoms with Gasteiger partial charge in [-0.05, 0) is 0 Å². The van der Waals surface area contributed by atoms with E-state index in [0.29, 0.717) is 8.04 Å². The average molecular weight is 999 g/mol. The normalized spacial score (nSPS) is 39.5. The van der Waals surface area contributed by atoms with Crippen LogP contribution in [0.5, 0.6) is 0 Å². The van der Waals surface area contributed by atoms with Crippen LogP contribution in [0.3, 0.4) is 0 Å². The van der Waals surface area contributed by atoms with Gasteiger partial charge >= 0.3 is 417 Å². The summed E-state index contributed by atoms with van der Waals surface area (Å²) in [7, 11) is -1.04. The van der Waals surface area contributed by atoms with Gasteiger partial charge in [-0.25, -0.2) is 0 Å². The number of hydrogen-bond donors (Lipinski definition) is 0.